The van der Waals surface area contributed by atoms with Crippen LogP contribution in [0.1, 0.15) is 50.8 Å². The zero-order valence-electron chi connectivity index (χ0n) is 13.5. The predicted molar refractivity (Wildman–Crippen MR) is 79.4 cm³/mol. The minimum Gasteiger partial charge on any atom is -0.441 e. The van der Waals surface area contributed by atoms with Crippen molar-refractivity contribution in [1.29, 1.82) is 0 Å². The third-order valence-corrected chi connectivity index (χ3v) is 4.47. The summed E-state index contributed by atoms with van der Waals surface area (Å²) in [4.78, 5) is 15.6. The molecule has 7 nitrogen and oxygen atoms in total. The minimum absolute atomic E-state index is 0.202. The van der Waals surface area contributed by atoms with Gasteiger partial charge in [0.2, 0.25) is 11.8 Å². The largest absolute Gasteiger partial charge is 0.441 e. The topological polar surface area (TPSA) is 71.7 Å². The molecule has 2 aliphatic rings. The minimum atomic E-state index is -0.307. The molecule has 3 heterocycles. The molecule has 1 atom stereocenters. The van der Waals surface area contributed by atoms with Crippen molar-refractivity contribution in [3.8, 4) is 0 Å². The van der Waals surface area contributed by atoms with Gasteiger partial charge in [0.15, 0.2) is 0 Å². The summed E-state index contributed by atoms with van der Waals surface area (Å²) in [6, 6.07) is 0. The van der Waals surface area contributed by atoms with Crippen LogP contribution in [-0.2, 0) is 11.3 Å². The zero-order valence-corrected chi connectivity index (χ0v) is 13.5. The van der Waals surface area contributed by atoms with Gasteiger partial charge >= 0.3 is 6.09 Å². The highest BCUT2D eigenvalue weighted by atomic mass is 16.6. The van der Waals surface area contributed by atoms with Crippen molar-refractivity contribution in [2.24, 2.45) is 0 Å². The van der Waals surface area contributed by atoms with E-state index >= 15 is 0 Å². The van der Waals surface area contributed by atoms with Crippen molar-refractivity contribution in [2.75, 3.05) is 26.7 Å². The Kier molecular flexibility index (Phi) is 4.08. The molecular formula is C15H24N4O3. The molecule has 122 valence electrons. The lowest BCUT2D eigenvalue weighted by molar-refractivity contribution is 0.0440. The summed E-state index contributed by atoms with van der Waals surface area (Å²) in [7, 11) is 1.80. The van der Waals surface area contributed by atoms with E-state index in [-0.39, 0.29) is 17.6 Å². The molecule has 0 bridgehead atoms. The van der Waals surface area contributed by atoms with Gasteiger partial charge in [-0.2, -0.15) is 0 Å². The van der Waals surface area contributed by atoms with Gasteiger partial charge in [-0.25, -0.2) is 4.79 Å². The monoisotopic (exact) mass is 308 g/mol. The fraction of sp³-hybridized carbons (Fsp3) is 0.800. The number of nitrogens with zero attached hydrogens (tertiary/aromatic N) is 4. The average molecular weight is 308 g/mol. The maximum atomic E-state index is 11.7. The van der Waals surface area contributed by atoms with Gasteiger partial charge in [0.05, 0.1) is 13.1 Å². The van der Waals surface area contributed by atoms with Crippen molar-refractivity contribution in [3.05, 3.63) is 11.8 Å². The van der Waals surface area contributed by atoms with Gasteiger partial charge in [-0.15, -0.1) is 10.2 Å². The summed E-state index contributed by atoms with van der Waals surface area (Å²) < 4.78 is 11.3. The number of carbonyl (C=O) groups is 1. The van der Waals surface area contributed by atoms with Gasteiger partial charge in [-0.3, -0.25) is 4.90 Å². The molecule has 0 unspecified atom stereocenters. The molecule has 0 aliphatic carbocycles. The predicted octanol–water partition coefficient (Wildman–Crippen LogP) is 2.00. The normalized spacial score (nSPS) is 26.7. The fourth-order valence-corrected chi connectivity index (χ4v) is 3.19. The number of hydrogen-bond donors (Lipinski definition) is 0. The molecule has 1 amide bonds. The van der Waals surface area contributed by atoms with Crippen molar-refractivity contribution >= 4 is 6.09 Å². The number of ether oxygens (including phenoxy) is 1. The van der Waals surface area contributed by atoms with Gasteiger partial charge in [-0.1, -0.05) is 13.8 Å². The third kappa shape index (κ3) is 3.09. The molecule has 1 aromatic rings. The molecule has 0 radical (unpaired) electrons. The number of likely N-dealkylation sites (tertiary alicyclic amines) is 1. The van der Waals surface area contributed by atoms with Crippen LogP contribution in [0, 0.1) is 0 Å². The Labute approximate surface area is 130 Å². The van der Waals surface area contributed by atoms with Crippen LogP contribution in [0.3, 0.4) is 0 Å². The van der Waals surface area contributed by atoms with Crippen LogP contribution in [0.2, 0.25) is 0 Å². The summed E-state index contributed by atoms with van der Waals surface area (Å²) in [5.41, 5.74) is -0.307. The average Bonchev–Trinajstić information content (AvgIpc) is 2.96. The van der Waals surface area contributed by atoms with Gasteiger partial charge in [0.25, 0.3) is 0 Å². The lowest BCUT2D eigenvalue weighted by Crippen LogP contribution is -2.35. The smallest absolute Gasteiger partial charge is 0.410 e. The van der Waals surface area contributed by atoms with Crippen molar-refractivity contribution in [1.82, 2.24) is 20.0 Å². The van der Waals surface area contributed by atoms with Crippen LogP contribution in [0.15, 0.2) is 4.42 Å². The molecule has 2 fully saturated rings. The van der Waals surface area contributed by atoms with Crippen molar-refractivity contribution < 1.29 is 13.9 Å². The second-order valence-electron chi connectivity index (χ2n) is 6.73. The number of rotatable bonds is 3. The first-order valence-electron chi connectivity index (χ1n) is 7.96. The molecule has 7 heteroatoms. The van der Waals surface area contributed by atoms with E-state index < -0.39 is 0 Å². The molecule has 0 aromatic carbocycles. The number of amides is 1. The molecule has 2 aliphatic heterocycles. The summed E-state index contributed by atoms with van der Waals surface area (Å²) in [6.45, 7) is 7.27. The Morgan fingerprint density at radius 3 is 2.73 bits per heavy atom. The van der Waals surface area contributed by atoms with E-state index in [9.17, 15) is 4.79 Å². The van der Waals surface area contributed by atoms with E-state index in [1.807, 2.05) is 13.8 Å². The highest BCUT2D eigenvalue weighted by Gasteiger charge is 2.44. The van der Waals surface area contributed by atoms with Crippen LogP contribution in [-0.4, -0.2) is 58.4 Å². The van der Waals surface area contributed by atoms with E-state index in [1.165, 1.54) is 0 Å². The van der Waals surface area contributed by atoms with Crippen LogP contribution in [0.25, 0.3) is 0 Å². The first-order valence-corrected chi connectivity index (χ1v) is 7.96. The standard InChI is InChI=1S/C15H24N4O3/c1-11(2)13-17-16-12(21-13)9-19-7-4-5-15(6-8-19)10-18(3)14(20)22-15/h11H,4-10H2,1-3H3/t15-/m0/s1. The van der Waals surface area contributed by atoms with E-state index in [1.54, 1.807) is 11.9 Å². The van der Waals surface area contributed by atoms with Crippen LogP contribution in [0.5, 0.6) is 0 Å². The third-order valence-electron chi connectivity index (χ3n) is 4.47. The molecular weight excluding hydrogens is 284 g/mol. The van der Waals surface area contributed by atoms with E-state index in [4.69, 9.17) is 9.15 Å². The lowest BCUT2D eigenvalue weighted by atomic mass is 9.95. The molecule has 3 rings (SSSR count). The Morgan fingerprint density at radius 2 is 2.09 bits per heavy atom. The first-order chi connectivity index (χ1) is 10.5. The summed E-state index contributed by atoms with van der Waals surface area (Å²) >= 11 is 0. The van der Waals surface area contributed by atoms with E-state index in [2.05, 4.69) is 15.1 Å². The van der Waals surface area contributed by atoms with Gasteiger partial charge in [-0.05, 0) is 19.4 Å². The quantitative estimate of drug-likeness (QED) is 0.850. The first kappa shape index (κ1) is 15.3. The molecule has 1 aromatic heterocycles. The van der Waals surface area contributed by atoms with Crippen LogP contribution >= 0.6 is 0 Å². The maximum Gasteiger partial charge on any atom is 0.410 e. The van der Waals surface area contributed by atoms with Crippen LogP contribution in [0.4, 0.5) is 4.79 Å². The Balaban J connectivity index is 1.59. The Bertz CT molecular complexity index is 545. The summed E-state index contributed by atoms with van der Waals surface area (Å²) in [5.74, 6) is 1.61. The number of likely N-dealkylation sites (N-methyl/N-ethyl adjacent to an activating group) is 1. The van der Waals surface area contributed by atoms with Gasteiger partial charge < -0.3 is 14.1 Å². The molecule has 1 spiro atoms. The van der Waals surface area contributed by atoms with E-state index in [0.717, 1.165) is 32.4 Å². The van der Waals surface area contributed by atoms with Crippen molar-refractivity contribution in [2.45, 2.75) is 51.2 Å². The molecule has 22 heavy (non-hydrogen) atoms. The molecule has 2 saturated heterocycles. The zero-order chi connectivity index (χ0) is 15.7. The maximum absolute atomic E-state index is 11.7. The van der Waals surface area contributed by atoms with Crippen LogP contribution < -0.4 is 0 Å². The Morgan fingerprint density at radius 1 is 1.27 bits per heavy atom. The second kappa shape index (κ2) is 5.87. The fourth-order valence-electron chi connectivity index (χ4n) is 3.19. The highest BCUT2D eigenvalue weighted by molar-refractivity contribution is 5.70. The highest BCUT2D eigenvalue weighted by Crippen LogP contribution is 2.32. The second-order valence-corrected chi connectivity index (χ2v) is 6.73. The number of hydrogen-bond acceptors (Lipinski definition) is 6. The lowest BCUT2D eigenvalue weighted by Gasteiger charge is -2.25. The van der Waals surface area contributed by atoms with E-state index in [0.29, 0.717) is 24.9 Å². The van der Waals surface area contributed by atoms with Gasteiger partial charge in [0.1, 0.15) is 5.60 Å². The summed E-state index contributed by atoms with van der Waals surface area (Å²) in [5, 5.41) is 8.20. The number of carbonyl (C=O) groups excluding carboxylic acids is 1. The number of aromatic nitrogens is 2. The Hall–Kier alpha value is -1.63. The molecule has 0 saturated carbocycles. The SMILES string of the molecule is CC(C)c1nnc(CN2CCC[C@]3(CC2)CN(C)C(=O)O3)o1. The molecule has 0 N–H and O–H groups in total. The van der Waals surface area contributed by atoms with Crippen molar-refractivity contribution in [3.63, 3.8) is 0 Å². The summed E-state index contributed by atoms with van der Waals surface area (Å²) in [6.07, 6.45) is 2.58. The van der Waals surface area contributed by atoms with Gasteiger partial charge in [0, 0.05) is 25.9 Å².